The Balaban J connectivity index is 2.14. The van der Waals surface area contributed by atoms with Crippen LogP contribution in [0, 0.1) is 0 Å². The number of hydrogen-bond donors (Lipinski definition) is 2. The first kappa shape index (κ1) is 22.5. The molecule has 2 nitrogen and oxygen atoms in total. The predicted octanol–water partition coefficient (Wildman–Crippen LogP) is 6.98. The maximum atomic E-state index is 6.06. The lowest BCUT2D eigenvalue weighted by Crippen LogP contribution is -2.23. The molecule has 0 aliphatic rings. The Morgan fingerprint density at radius 2 is 1.46 bits per heavy atom. The van der Waals surface area contributed by atoms with Crippen molar-refractivity contribution >= 4 is 5.69 Å². The van der Waals surface area contributed by atoms with Crippen LogP contribution in [-0.2, 0) is 6.42 Å². The third kappa shape index (κ3) is 10.5. The minimum absolute atomic E-state index is 0.0374. The van der Waals surface area contributed by atoms with E-state index in [9.17, 15) is 0 Å². The van der Waals surface area contributed by atoms with Crippen molar-refractivity contribution in [1.29, 1.82) is 0 Å². The van der Waals surface area contributed by atoms with E-state index in [4.69, 9.17) is 5.73 Å². The van der Waals surface area contributed by atoms with Crippen LogP contribution in [0.1, 0.15) is 83.6 Å². The first-order valence-corrected chi connectivity index (χ1v) is 10.5. The summed E-state index contributed by atoms with van der Waals surface area (Å²) >= 11 is 0. The second-order valence-corrected chi connectivity index (χ2v) is 7.66. The summed E-state index contributed by atoms with van der Waals surface area (Å²) in [4.78, 5) is 0. The lowest BCUT2D eigenvalue weighted by molar-refractivity contribution is 0.565. The molecular formula is C24H40N2. The molecule has 1 unspecified atom stereocenters. The summed E-state index contributed by atoms with van der Waals surface area (Å²) in [6.07, 6.45) is 14.1. The van der Waals surface area contributed by atoms with Crippen molar-refractivity contribution in [3.05, 3.63) is 54.3 Å². The van der Waals surface area contributed by atoms with E-state index in [1.807, 2.05) is 6.92 Å². The summed E-state index contributed by atoms with van der Waals surface area (Å²) < 4.78 is 0. The van der Waals surface area contributed by atoms with E-state index < -0.39 is 0 Å². The Hall–Kier alpha value is -1.54. The second-order valence-electron chi connectivity index (χ2n) is 7.66. The lowest BCUT2D eigenvalue weighted by Gasteiger charge is -2.13. The minimum Gasteiger partial charge on any atom is -0.359 e. The highest BCUT2D eigenvalue weighted by Crippen LogP contribution is 2.17. The number of nitrogens with one attached hydrogen (secondary N) is 1. The van der Waals surface area contributed by atoms with Gasteiger partial charge in [0.05, 0.1) is 0 Å². The molecule has 2 heteroatoms. The number of nitrogens with two attached hydrogens (primary N) is 1. The van der Waals surface area contributed by atoms with Crippen molar-refractivity contribution < 1.29 is 0 Å². The Labute approximate surface area is 162 Å². The molecule has 1 aromatic rings. The SMILES string of the molecule is C=C(CCCCCCCCCCC)Nc1ccc(CC(N)C(=C)C)cc1. The van der Waals surface area contributed by atoms with E-state index in [1.165, 1.54) is 63.4 Å². The smallest absolute Gasteiger partial charge is 0.0381 e. The molecule has 0 spiro atoms. The molecule has 0 aliphatic carbocycles. The van der Waals surface area contributed by atoms with E-state index in [0.717, 1.165) is 29.8 Å². The molecule has 0 radical (unpaired) electrons. The quantitative estimate of drug-likeness (QED) is 0.263. The van der Waals surface area contributed by atoms with Gasteiger partial charge in [0.2, 0.25) is 0 Å². The van der Waals surface area contributed by atoms with Crippen molar-refractivity contribution in [1.82, 2.24) is 0 Å². The molecule has 1 rings (SSSR count). The van der Waals surface area contributed by atoms with Gasteiger partial charge in [-0.1, -0.05) is 89.2 Å². The summed E-state index contributed by atoms with van der Waals surface area (Å²) in [6.45, 7) is 12.3. The van der Waals surface area contributed by atoms with Crippen LogP contribution in [-0.4, -0.2) is 6.04 Å². The normalized spacial score (nSPS) is 12.0. The van der Waals surface area contributed by atoms with E-state index in [-0.39, 0.29) is 6.04 Å². The third-order valence-electron chi connectivity index (χ3n) is 4.95. The number of allylic oxidation sites excluding steroid dienone is 1. The zero-order valence-corrected chi connectivity index (χ0v) is 17.2. The van der Waals surface area contributed by atoms with Crippen LogP contribution in [0.15, 0.2) is 48.7 Å². The fraction of sp³-hybridized carbons (Fsp3) is 0.583. The van der Waals surface area contributed by atoms with Gasteiger partial charge in [-0.25, -0.2) is 0 Å². The van der Waals surface area contributed by atoms with Crippen molar-refractivity contribution in [2.75, 3.05) is 5.32 Å². The Kier molecular flexibility index (Phi) is 11.8. The summed E-state index contributed by atoms with van der Waals surface area (Å²) in [6, 6.07) is 8.54. The van der Waals surface area contributed by atoms with E-state index in [2.05, 4.69) is 49.7 Å². The van der Waals surface area contributed by atoms with Crippen molar-refractivity contribution in [3.8, 4) is 0 Å². The summed E-state index contributed by atoms with van der Waals surface area (Å²) in [5.41, 5.74) is 10.6. The van der Waals surface area contributed by atoms with Gasteiger partial charge >= 0.3 is 0 Å². The molecule has 1 atom stereocenters. The molecule has 146 valence electrons. The largest absolute Gasteiger partial charge is 0.359 e. The number of anilines is 1. The van der Waals surface area contributed by atoms with Gasteiger partial charge < -0.3 is 11.1 Å². The highest BCUT2D eigenvalue weighted by atomic mass is 14.9. The average molecular weight is 357 g/mol. The van der Waals surface area contributed by atoms with E-state index in [1.54, 1.807) is 0 Å². The molecule has 0 bridgehead atoms. The van der Waals surface area contributed by atoms with Crippen LogP contribution in [0.4, 0.5) is 5.69 Å². The molecule has 0 saturated heterocycles. The zero-order chi connectivity index (χ0) is 19.2. The van der Waals surface area contributed by atoms with Crippen molar-refractivity contribution in [3.63, 3.8) is 0 Å². The lowest BCUT2D eigenvalue weighted by atomic mass is 10.0. The molecule has 3 N–H and O–H groups in total. The fourth-order valence-electron chi connectivity index (χ4n) is 3.07. The summed E-state index contributed by atoms with van der Waals surface area (Å²) in [5, 5.41) is 3.43. The molecule has 0 aliphatic heterocycles. The van der Waals surface area contributed by atoms with E-state index in [0.29, 0.717) is 0 Å². The van der Waals surface area contributed by atoms with Crippen LogP contribution >= 0.6 is 0 Å². The monoisotopic (exact) mass is 356 g/mol. The average Bonchev–Trinajstić information content (AvgIpc) is 2.62. The van der Waals surface area contributed by atoms with Gasteiger partial charge in [-0.2, -0.15) is 0 Å². The molecule has 0 aromatic heterocycles. The Bertz CT molecular complexity index is 516. The molecule has 0 heterocycles. The topological polar surface area (TPSA) is 38.0 Å². The minimum atomic E-state index is 0.0374. The second kappa shape index (κ2) is 13.6. The predicted molar refractivity (Wildman–Crippen MR) is 118 cm³/mol. The van der Waals surface area contributed by atoms with Crippen molar-refractivity contribution in [2.24, 2.45) is 5.73 Å². The zero-order valence-electron chi connectivity index (χ0n) is 17.2. The highest BCUT2D eigenvalue weighted by molar-refractivity contribution is 5.48. The van der Waals surface area contributed by atoms with Gasteiger partial charge in [0.25, 0.3) is 0 Å². The number of hydrogen-bond acceptors (Lipinski definition) is 2. The molecule has 1 aromatic carbocycles. The van der Waals surface area contributed by atoms with Crippen LogP contribution in [0.2, 0.25) is 0 Å². The number of benzene rings is 1. The van der Waals surface area contributed by atoms with Crippen LogP contribution in [0.3, 0.4) is 0 Å². The fourth-order valence-corrected chi connectivity index (χ4v) is 3.07. The highest BCUT2D eigenvalue weighted by Gasteiger charge is 2.04. The van der Waals surface area contributed by atoms with Gasteiger partial charge in [0.1, 0.15) is 0 Å². The van der Waals surface area contributed by atoms with Gasteiger partial charge in [0.15, 0.2) is 0 Å². The van der Waals surface area contributed by atoms with Crippen LogP contribution in [0.5, 0.6) is 0 Å². The molecule has 0 amide bonds. The standard InChI is InChI=1S/C24H40N2/c1-5-6-7-8-9-10-11-12-13-14-21(4)26-23-17-15-22(16-18-23)19-24(25)20(2)3/h15-18,24,26H,2,4-14,19,25H2,1,3H3. The number of unbranched alkanes of at least 4 members (excludes halogenated alkanes) is 8. The molecule has 0 saturated carbocycles. The summed E-state index contributed by atoms with van der Waals surface area (Å²) in [5.74, 6) is 0. The van der Waals surface area contributed by atoms with Gasteiger partial charge in [-0.3, -0.25) is 0 Å². The van der Waals surface area contributed by atoms with E-state index >= 15 is 0 Å². The molecular weight excluding hydrogens is 316 g/mol. The van der Waals surface area contributed by atoms with Gasteiger partial charge in [0, 0.05) is 17.4 Å². The molecule has 26 heavy (non-hydrogen) atoms. The van der Waals surface area contributed by atoms with Gasteiger partial charge in [-0.05, 0) is 43.9 Å². The Morgan fingerprint density at radius 1 is 0.923 bits per heavy atom. The first-order chi connectivity index (χ1) is 12.5. The van der Waals surface area contributed by atoms with Crippen molar-refractivity contribution in [2.45, 2.75) is 90.5 Å². The first-order valence-electron chi connectivity index (χ1n) is 10.5. The maximum absolute atomic E-state index is 6.06. The Morgan fingerprint density at radius 3 is 2.00 bits per heavy atom. The van der Waals surface area contributed by atoms with Crippen LogP contribution in [0.25, 0.3) is 0 Å². The third-order valence-corrected chi connectivity index (χ3v) is 4.95. The number of rotatable bonds is 15. The van der Waals surface area contributed by atoms with Gasteiger partial charge in [-0.15, -0.1) is 0 Å². The van der Waals surface area contributed by atoms with Crippen LogP contribution < -0.4 is 11.1 Å². The molecule has 0 fully saturated rings. The summed E-state index contributed by atoms with van der Waals surface area (Å²) in [7, 11) is 0. The maximum Gasteiger partial charge on any atom is 0.0381 e.